The molecule has 0 saturated carbocycles. The second-order valence-corrected chi connectivity index (χ2v) is 6.81. The summed E-state index contributed by atoms with van der Waals surface area (Å²) in [6.07, 6.45) is 1.97. The van der Waals surface area contributed by atoms with E-state index in [-0.39, 0.29) is 0 Å². The van der Waals surface area contributed by atoms with Crippen LogP contribution < -0.4 is 10.5 Å². The molecule has 2 N–H and O–H groups in total. The van der Waals surface area contributed by atoms with Crippen molar-refractivity contribution in [2.24, 2.45) is 5.73 Å². The Morgan fingerprint density at radius 2 is 2.05 bits per heavy atom. The second kappa shape index (κ2) is 6.54. The molecule has 1 unspecified atom stereocenters. The van der Waals surface area contributed by atoms with Crippen LogP contribution >= 0.6 is 11.8 Å². The van der Waals surface area contributed by atoms with E-state index >= 15 is 0 Å². The van der Waals surface area contributed by atoms with Gasteiger partial charge in [0.2, 0.25) is 0 Å². The van der Waals surface area contributed by atoms with Crippen LogP contribution in [0.15, 0.2) is 47.4 Å². The van der Waals surface area contributed by atoms with Crippen molar-refractivity contribution in [2.45, 2.75) is 29.9 Å². The highest BCUT2D eigenvalue weighted by Crippen LogP contribution is 2.37. The van der Waals surface area contributed by atoms with Gasteiger partial charge in [0.1, 0.15) is 12.4 Å². The Balaban J connectivity index is 1.67. The first-order chi connectivity index (χ1) is 10.3. The fourth-order valence-corrected chi connectivity index (χ4v) is 4.01. The van der Waals surface area contributed by atoms with E-state index in [0.717, 1.165) is 25.2 Å². The van der Waals surface area contributed by atoms with Crippen molar-refractivity contribution in [3.8, 4) is 5.75 Å². The van der Waals surface area contributed by atoms with E-state index in [1.807, 2.05) is 11.8 Å². The summed E-state index contributed by atoms with van der Waals surface area (Å²) in [5.41, 5.74) is 9.56. The maximum atomic E-state index is 6.16. The first-order valence-electron chi connectivity index (χ1n) is 7.44. The van der Waals surface area contributed by atoms with E-state index < -0.39 is 0 Å². The Hall–Kier alpha value is -1.45. The van der Waals surface area contributed by atoms with E-state index in [1.165, 1.54) is 21.6 Å². The van der Waals surface area contributed by atoms with Gasteiger partial charge in [0, 0.05) is 10.1 Å². The smallest absolute Gasteiger partial charge is 0.125 e. The number of rotatable bonds is 5. The van der Waals surface area contributed by atoms with Gasteiger partial charge >= 0.3 is 0 Å². The summed E-state index contributed by atoms with van der Waals surface area (Å²) in [5, 5.41) is 0.507. The van der Waals surface area contributed by atoms with Gasteiger partial charge in [-0.15, -0.1) is 11.8 Å². The molecule has 21 heavy (non-hydrogen) atoms. The lowest BCUT2D eigenvalue weighted by atomic mass is 10.1. The van der Waals surface area contributed by atoms with Crippen LogP contribution in [0.2, 0.25) is 0 Å². The van der Waals surface area contributed by atoms with Crippen molar-refractivity contribution in [2.75, 3.05) is 13.2 Å². The maximum Gasteiger partial charge on any atom is 0.125 e. The van der Waals surface area contributed by atoms with Crippen molar-refractivity contribution < 1.29 is 4.74 Å². The topological polar surface area (TPSA) is 35.2 Å². The van der Waals surface area contributed by atoms with Gasteiger partial charge in [-0.1, -0.05) is 36.4 Å². The molecule has 0 saturated heterocycles. The zero-order valence-electron chi connectivity index (χ0n) is 12.3. The third-order valence-corrected chi connectivity index (χ3v) is 5.12. The summed E-state index contributed by atoms with van der Waals surface area (Å²) in [5.74, 6) is 1.03. The van der Waals surface area contributed by atoms with Crippen LogP contribution in [-0.4, -0.2) is 18.4 Å². The van der Waals surface area contributed by atoms with E-state index in [2.05, 4.69) is 49.4 Å². The fourth-order valence-electron chi connectivity index (χ4n) is 2.80. The summed E-state index contributed by atoms with van der Waals surface area (Å²) in [6.45, 7) is 3.51. The summed E-state index contributed by atoms with van der Waals surface area (Å²) in [6, 6.07) is 14.9. The summed E-state index contributed by atoms with van der Waals surface area (Å²) in [4.78, 5) is 1.40. The molecule has 110 valence electrons. The van der Waals surface area contributed by atoms with Crippen molar-refractivity contribution in [1.82, 2.24) is 0 Å². The number of nitrogens with two attached hydrogens (primary N) is 1. The van der Waals surface area contributed by atoms with Gasteiger partial charge in [0.25, 0.3) is 0 Å². The predicted molar refractivity (Wildman–Crippen MR) is 89.2 cm³/mol. The van der Waals surface area contributed by atoms with Crippen LogP contribution in [-0.2, 0) is 12.8 Å². The monoisotopic (exact) mass is 299 g/mol. The number of hydrogen-bond acceptors (Lipinski definition) is 3. The molecule has 3 rings (SSSR count). The summed E-state index contributed by atoms with van der Waals surface area (Å²) in [7, 11) is 0. The lowest BCUT2D eigenvalue weighted by Gasteiger charge is -2.16. The van der Waals surface area contributed by atoms with Gasteiger partial charge in [-0.25, -0.2) is 0 Å². The Morgan fingerprint density at radius 3 is 2.86 bits per heavy atom. The molecule has 0 radical (unpaired) electrons. The normalized spacial score (nSPS) is 16.8. The second-order valence-electron chi connectivity index (χ2n) is 5.46. The van der Waals surface area contributed by atoms with E-state index in [1.54, 1.807) is 0 Å². The SMILES string of the molecule is Cc1cccc(CCN)c1OCC1Cc2ccccc2S1. The van der Waals surface area contributed by atoms with Crippen molar-refractivity contribution in [3.63, 3.8) is 0 Å². The molecule has 1 aliphatic rings. The number of hydrogen-bond donors (Lipinski definition) is 1. The first-order valence-corrected chi connectivity index (χ1v) is 8.32. The van der Waals surface area contributed by atoms with E-state index in [4.69, 9.17) is 10.5 Å². The highest BCUT2D eigenvalue weighted by Gasteiger charge is 2.22. The molecule has 2 nitrogen and oxygen atoms in total. The third-order valence-electron chi connectivity index (χ3n) is 3.83. The first kappa shape index (κ1) is 14.5. The van der Waals surface area contributed by atoms with Crippen LogP contribution in [0.4, 0.5) is 0 Å². The van der Waals surface area contributed by atoms with Crippen molar-refractivity contribution in [1.29, 1.82) is 0 Å². The third kappa shape index (κ3) is 3.25. The Morgan fingerprint density at radius 1 is 1.19 bits per heavy atom. The van der Waals surface area contributed by atoms with Gasteiger partial charge in [0.15, 0.2) is 0 Å². The molecule has 0 aliphatic carbocycles. The number of fused-ring (bicyclic) bond motifs is 1. The lowest BCUT2D eigenvalue weighted by molar-refractivity contribution is 0.312. The Labute approximate surface area is 130 Å². The van der Waals surface area contributed by atoms with Gasteiger partial charge < -0.3 is 10.5 Å². The molecule has 0 bridgehead atoms. The molecule has 1 aliphatic heterocycles. The zero-order chi connectivity index (χ0) is 14.7. The zero-order valence-corrected chi connectivity index (χ0v) is 13.2. The Bertz CT molecular complexity index is 601. The number of thioether (sulfide) groups is 1. The number of ether oxygens (including phenoxy) is 1. The standard InChI is InChI=1S/C18H21NOS/c1-13-5-4-7-14(9-10-19)18(13)20-12-16-11-15-6-2-3-8-17(15)21-16/h2-8,16H,9-12,19H2,1H3. The van der Waals surface area contributed by atoms with Crippen LogP contribution in [0, 0.1) is 6.92 Å². The molecule has 1 atom stereocenters. The maximum absolute atomic E-state index is 6.16. The van der Waals surface area contributed by atoms with Crippen LogP contribution in [0.1, 0.15) is 16.7 Å². The molecule has 1 heterocycles. The number of benzene rings is 2. The summed E-state index contributed by atoms with van der Waals surface area (Å²) < 4.78 is 6.16. The highest BCUT2D eigenvalue weighted by molar-refractivity contribution is 8.00. The molecule has 2 aromatic carbocycles. The summed E-state index contributed by atoms with van der Waals surface area (Å²) >= 11 is 1.93. The molecular weight excluding hydrogens is 278 g/mol. The van der Waals surface area contributed by atoms with Gasteiger partial charge in [-0.05, 0) is 49.1 Å². The van der Waals surface area contributed by atoms with Crippen molar-refractivity contribution >= 4 is 11.8 Å². The highest BCUT2D eigenvalue weighted by atomic mass is 32.2. The van der Waals surface area contributed by atoms with Gasteiger partial charge in [-0.2, -0.15) is 0 Å². The minimum atomic E-state index is 0.507. The fraction of sp³-hybridized carbons (Fsp3) is 0.333. The van der Waals surface area contributed by atoms with E-state index in [0.29, 0.717) is 11.8 Å². The molecule has 0 aromatic heterocycles. The van der Waals surface area contributed by atoms with Gasteiger partial charge in [-0.3, -0.25) is 0 Å². The molecular formula is C18H21NOS. The molecule has 0 spiro atoms. The number of aryl methyl sites for hydroxylation is 1. The van der Waals surface area contributed by atoms with E-state index in [9.17, 15) is 0 Å². The number of para-hydroxylation sites is 1. The molecule has 0 amide bonds. The molecule has 0 fully saturated rings. The lowest BCUT2D eigenvalue weighted by Crippen LogP contribution is -2.15. The Kier molecular flexibility index (Phi) is 4.51. The van der Waals surface area contributed by atoms with Crippen LogP contribution in [0.3, 0.4) is 0 Å². The predicted octanol–water partition coefficient (Wildman–Crippen LogP) is 3.59. The molecule has 2 aromatic rings. The minimum Gasteiger partial charge on any atom is -0.492 e. The van der Waals surface area contributed by atoms with Gasteiger partial charge in [0.05, 0.1) is 0 Å². The molecule has 3 heteroatoms. The van der Waals surface area contributed by atoms with Crippen LogP contribution in [0.5, 0.6) is 5.75 Å². The quantitative estimate of drug-likeness (QED) is 0.916. The van der Waals surface area contributed by atoms with Crippen molar-refractivity contribution in [3.05, 3.63) is 59.2 Å². The minimum absolute atomic E-state index is 0.507. The average molecular weight is 299 g/mol. The largest absolute Gasteiger partial charge is 0.492 e. The average Bonchev–Trinajstić information content (AvgIpc) is 2.90. The van der Waals surface area contributed by atoms with Crippen LogP contribution in [0.25, 0.3) is 0 Å².